The Bertz CT molecular complexity index is 1150. The molecule has 3 aromatic rings. The Morgan fingerprint density at radius 3 is 2.33 bits per heavy atom. The summed E-state index contributed by atoms with van der Waals surface area (Å²) in [7, 11) is 0. The van der Waals surface area contributed by atoms with E-state index in [1.165, 1.54) is 17.3 Å². The van der Waals surface area contributed by atoms with Crippen molar-refractivity contribution in [3.63, 3.8) is 0 Å². The molecule has 1 aliphatic rings. The van der Waals surface area contributed by atoms with Gasteiger partial charge in [0.25, 0.3) is 0 Å². The second-order valence-electron chi connectivity index (χ2n) is 7.58. The number of thioether (sulfide) groups is 1. The molecular formula is C25H25N3O3S2. The van der Waals surface area contributed by atoms with E-state index in [4.69, 9.17) is 21.7 Å². The Kier molecular flexibility index (Phi) is 7.36. The predicted molar refractivity (Wildman–Crippen MR) is 139 cm³/mol. The molecule has 0 aliphatic carbocycles. The summed E-state index contributed by atoms with van der Waals surface area (Å²) >= 11 is 6.90. The molecule has 33 heavy (non-hydrogen) atoms. The van der Waals surface area contributed by atoms with Crippen LogP contribution in [-0.2, 0) is 4.79 Å². The number of aryl methyl sites for hydroxylation is 1. The highest BCUT2D eigenvalue weighted by molar-refractivity contribution is 8.00. The third kappa shape index (κ3) is 6.40. The Labute approximate surface area is 203 Å². The van der Waals surface area contributed by atoms with E-state index in [0.717, 1.165) is 16.3 Å². The van der Waals surface area contributed by atoms with Crippen LogP contribution in [0.2, 0.25) is 0 Å². The van der Waals surface area contributed by atoms with Gasteiger partial charge in [-0.05, 0) is 68.5 Å². The molecule has 3 aromatic carbocycles. The average Bonchev–Trinajstić information content (AvgIpc) is 2.80. The molecule has 4 rings (SSSR count). The molecule has 0 saturated carbocycles. The highest BCUT2D eigenvalue weighted by atomic mass is 32.2. The third-order valence-corrected chi connectivity index (χ3v) is 6.19. The van der Waals surface area contributed by atoms with Crippen LogP contribution in [0.3, 0.4) is 0 Å². The van der Waals surface area contributed by atoms with Crippen LogP contribution in [0.5, 0.6) is 11.5 Å². The monoisotopic (exact) mass is 479 g/mol. The van der Waals surface area contributed by atoms with E-state index in [1.807, 2.05) is 74.5 Å². The number of hydrogen-bond acceptors (Lipinski definition) is 5. The van der Waals surface area contributed by atoms with E-state index in [2.05, 4.69) is 16.0 Å². The number of amides is 1. The minimum Gasteiger partial charge on any atom is -0.486 e. The molecule has 1 atom stereocenters. The van der Waals surface area contributed by atoms with Crippen LogP contribution in [0.15, 0.2) is 71.6 Å². The van der Waals surface area contributed by atoms with Crippen molar-refractivity contribution < 1.29 is 14.3 Å². The Morgan fingerprint density at radius 1 is 0.879 bits per heavy atom. The average molecular weight is 480 g/mol. The minimum absolute atomic E-state index is 0.0911. The number of rotatable bonds is 6. The Hall–Kier alpha value is -3.23. The van der Waals surface area contributed by atoms with Gasteiger partial charge in [-0.1, -0.05) is 23.8 Å². The van der Waals surface area contributed by atoms with Crippen molar-refractivity contribution in [1.82, 2.24) is 0 Å². The van der Waals surface area contributed by atoms with Gasteiger partial charge in [-0.3, -0.25) is 4.79 Å². The molecule has 170 valence electrons. The second kappa shape index (κ2) is 10.6. The molecule has 1 amide bonds. The highest BCUT2D eigenvalue weighted by Gasteiger charge is 2.17. The van der Waals surface area contributed by atoms with E-state index in [0.29, 0.717) is 35.5 Å². The number of fused-ring (bicyclic) bond motifs is 1. The van der Waals surface area contributed by atoms with Crippen LogP contribution in [0.25, 0.3) is 0 Å². The summed E-state index contributed by atoms with van der Waals surface area (Å²) in [5.74, 6) is 1.25. The summed E-state index contributed by atoms with van der Waals surface area (Å²) in [5.41, 5.74) is 3.65. The first-order valence-electron chi connectivity index (χ1n) is 10.6. The van der Waals surface area contributed by atoms with Gasteiger partial charge in [0.15, 0.2) is 16.6 Å². The number of nitrogens with one attached hydrogen (secondary N) is 3. The quantitative estimate of drug-likeness (QED) is 0.310. The lowest BCUT2D eigenvalue weighted by Crippen LogP contribution is -2.23. The minimum atomic E-state index is -0.300. The van der Waals surface area contributed by atoms with Gasteiger partial charge in [-0.15, -0.1) is 11.8 Å². The van der Waals surface area contributed by atoms with Gasteiger partial charge < -0.3 is 25.4 Å². The van der Waals surface area contributed by atoms with E-state index in [9.17, 15) is 4.79 Å². The molecule has 0 spiro atoms. The van der Waals surface area contributed by atoms with Crippen molar-refractivity contribution in [2.75, 3.05) is 29.2 Å². The van der Waals surface area contributed by atoms with Crippen LogP contribution in [0.1, 0.15) is 12.5 Å². The summed E-state index contributed by atoms with van der Waals surface area (Å²) in [4.78, 5) is 13.7. The summed E-state index contributed by atoms with van der Waals surface area (Å²) < 4.78 is 11.1. The molecule has 8 heteroatoms. The number of hydrogen-bond donors (Lipinski definition) is 3. The SMILES string of the molecule is Cc1ccc(NC(=S)Nc2cccc(SC(C)C(=O)Nc3ccc4c(c3)OCCO4)c2)cc1. The number of carbonyl (C=O) groups excluding carboxylic acids is 1. The number of thiocarbonyl (C=S) groups is 1. The van der Waals surface area contributed by atoms with Crippen LogP contribution in [0.4, 0.5) is 17.1 Å². The molecule has 1 unspecified atom stereocenters. The maximum Gasteiger partial charge on any atom is 0.237 e. The van der Waals surface area contributed by atoms with Gasteiger partial charge in [-0.25, -0.2) is 0 Å². The predicted octanol–water partition coefficient (Wildman–Crippen LogP) is 5.69. The zero-order valence-corrected chi connectivity index (χ0v) is 20.0. The lowest BCUT2D eigenvalue weighted by molar-refractivity contribution is -0.115. The van der Waals surface area contributed by atoms with Crippen molar-refractivity contribution in [2.24, 2.45) is 0 Å². The van der Waals surface area contributed by atoms with E-state index in [1.54, 1.807) is 6.07 Å². The number of ether oxygens (including phenoxy) is 2. The van der Waals surface area contributed by atoms with Crippen molar-refractivity contribution in [2.45, 2.75) is 24.0 Å². The zero-order valence-electron chi connectivity index (χ0n) is 18.4. The molecule has 0 saturated heterocycles. The molecule has 6 nitrogen and oxygen atoms in total. The third-order valence-electron chi connectivity index (χ3n) is 4.89. The fraction of sp³-hybridized carbons (Fsp3) is 0.200. The number of carbonyl (C=O) groups is 1. The van der Waals surface area contributed by atoms with Crippen molar-refractivity contribution in [3.8, 4) is 11.5 Å². The molecule has 1 heterocycles. The second-order valence-corrected chi connectivity index (χ2v) is 9.40. The first kappa shape index (κ1) is 22.9. The van der Waals surface area contributed by atoms with Gasteiger partial charge in [0.05, 0.1) is 5.25 Å². The highest BCUT2D eigenvalue weighted by Crippen LogP contribution is 2.33. The molecule has 0 aromatic heterocycles. The summed E-state index contributed by atoms with van der Waals surface area (Å²) in [5, 5.41) is 9.53. The standard InChI is InChI=1S/C25H25N3O3S2/c1-16-6-8-18(9-7-16)27-25(32)28-19-4-3-5-21(14-19)33-17(2)24(29)26-20-10-11-22-23(15-20)31-13-12-30-22/h3-11,14-15,17H,12-13H2,1-2H3,(H,26,29)(H2,27,28,32). The molecular weight excluding hydrogens is 454 g/mol. The fourth-order valence-electron chi connectivity index (χ4n) is 3.20. The van der Waals surface area contributed by atoms with Crippen LogP contribution >= 0.6 is 24.0 Å². The first-order chi connectivity index (χ1) is 16.0. The van der Waals surface area contributed by atoms with Crippen LogP contribution < -0.4 is 25.4 Å². The normalized spacial score (nSPS) is 13.0. The summed E-state index contributed by atoms with van der Waals surface area (Å²) in [6.45, 7) is 4.96. The van der Waals surface area contributed by atoms with Crippen molar-refractivity contribution in [3.05, 3.63) is 72.3 Å². The maximum atomic E-state index is 12.7. The van der Waals surface area contributed by atoms with E-state index < -0.39 is 0 Å². The summed E-state index contributed by atoms with van der Waals surface area (Å²) in [6.07, 6.45) is 0. The van der Waals surface area contributed by atoms with E-state index in [-0.39, 0.29) is 11.2 Å². The number of anilines is 3. The fourth-order valence-corrected chi connectivity index (χ4v) is 4.36. The molecule has 0 fully saturated rings. The topological polar surface area (TPSA) is 71.6 Å². The lowest BCUT2D eigenvalue weighted by Gasteiger charge is -2.19. The molecule has 1 aliphatic heterocycles. The molecule has 0 radical (unpaired) electrons. The van der Waals surface area contributed by atoms with Gasteiger partial charge in [0, 0.05) is 28.0 Å². The summed E-state index contributed by atoms with van der Waals surface area (Å²) in [6, 6.07) is 21.3. The molecule has 0 bridgehead atoms. The first-order valence-corrected chi connectivity index (χ1v) is 11.9. The van der Waals surface area contributed by atoms with Gasteiger partial charge in [0.2, 0.25) is 5.91 Å². The smallest absolute Gasteiger partial charge is 0.237 e. The van der Waals surface area contributed by atoms with Crippen molar-refractivity contribution in [1.29, 1.82) is 0 Å². The van der Waals surface area contributed by atoms with E-state index >= 15 is 0 Å². The van der Waals surface area contributed by atoms with Crippen LogP contribution in [-0.4, -0.2) is 29.5 Å². The van der Waals surface area contributed by atoms with Gasteiger partial charge in [-0.2, -0.15) is 0 Å². The maximum absolute atomic E-state index is 12.7. The van der Waals surface area contributed by atoms with Gasteiger partial charge >= 0.3 is 0 Å². The Balaban J connectivity index is 1.32. The Morgan fingerprint density at radius 2 is 1.55 bits per heavy atom. The van der Waals surface area contributed by atoms with Crippen molar-refractivity contribution >= 4 is 52.1 Å². The zero-order chi connectivity index (χ0) is 23.2. The van der Waals surface area contributed by atoms with Crippen LogP contribution in [0, 0.1) is 6.92 Å². The van der Waals surface area contributed by atoms with Gasteiger partial charge in [0.1, 0.15) is 13.2 Å². The lowest BCUT2D eigenvalue weighted by atomic mass is 10.2. The largest absolute Gasteiger partial charge is 0.486 e. The molecule has 3 N–H and O–H groups in total. The number of benzene rings is 3.